The van der Waals surface area contributed by atoms with Gasteiger partial charge in [-0.05, 0) is 26.4 Å². The van der Waals surface area contributed by atoms with Crippen LogP contribution in [0, 0.1) is 0 Å². The summed E-state index contributed by atoms with van der Waals surface area (Å²) in [5.41, 5.74) is 0.363. The lowest BCUT2D eigenvalue weighted by Gasteiger charge is -2.27. The summed E-state index contributed by atoms with van der Waals surface area (Å²) in [6.07, 6.45) is 4.50. The maximum atomic E-state index is 11.1. The zero-order valence-electron chi connectivity index (χ0n) is 10.6. The second-order valence-electron chi connectivity index (χ2n) is 4.68. The van der Waals surface area contributed by atoms with Crippen LogP contribution in [-0.4, -0.2) is 54.4 Å². The fourth-order valence-electron chi connectivity index (χ4n) is 2.38. The molecule has 2 heterocycles. The number of likely N-dealkylation sites (N-methyl/N-ethyl adjacent to an activating group) is 2. The smallest absolute Gasteiger partial charge is 0.156 e. The number of anilines is 1. The molecule has 0 spiro atoms. The Morgan fingerprint density at radius 1 is 1.61 bits per heavy atom. The first-order valence-electron chi connectivity index (χ1n) is 6.00. The summed E-state index contributed by atoms with van der Waals surface area (Å²) < 4.78 is 0. The van der Waals surface area contributed by atoms with Crippen LogP contribution in [0.4, 0.5) is 5.82 Å². The number of rotatable bonds is 4. The van der Waals surface area contributed by atoms with Crippen LogP contribution in [0.1, 0.15) is 23.2 Å². The molecule has 1 aliphatic rings. The van der Waals surface area contributed by atoms with Crippen molar-refractivity contribution in [2.45, 2.75) is 18.9 Å². The summed E-state index contributed by atoms with van der Waals surface area (Å²) in [4.78, 5) is 23.3. The van der Waals surface area contributed by atoms with E-state index in [2.05, 4.69) is 21.9 Å². The minimum Gasteiger partial charge on any atom is -0.357 e. The van der Waals surface area contributed by atoms with E-state index in [-0.39, 0.29) is 5.15 Å². The van der Waals surface area contributed by atoms with Gasteiger partial charge in [0.15, 0.2) is 6.29 Å². The number of aldehydes is 1. The molecule has 98 valence electrons. The maximum absolute atomic E-state index is 11.1. The van der Waals surface area contributed by atoms with Crippen LogP contribution in [-0.2, 0) is 0 Å². The van der Waals surface area contributed by atoms with Crippen LogP contribution in [0.5, 0.6) is 0 Å². The van der Waals surface area contributed by atoms with Gasteiger partial charge in [-0.25, -0.2) is 9.97 Å². The first-order chi connectivity index (χ1) is 8.63. The number of nitrogens with zero attached hydrogens (tertiary/aromatic N) is 4. The van der Waals surface area contributed by atoms with Gasteiger partial charge in [-0.2, -0.15) is 0 Å². The number of hydrogen-bond donors (Lipinski definition) is 0. The van der Waals surface area contributed by atoms with Crippen LogP contribution in [0.2, 0.25) is 5.15 Å². The zero-order valence-corrected chi connectivity index (χ0v) is 11.4. The molecule has 6 heteroatoms. The van der Waals surface area contributed by atoms with Crippen molar-refractivity contribution in [1.82, 2.24) is 14.9 Å². The number of likely N-dealkylation sites (tertiary alicyclic amines) is 1. The Morgan fingerprint density at radius 2 is 2.39 bits per heavy atom. The number of hydrogen-bond acceptors (Lipinski definition) is 5. The molecule has 0 aromatic carbocycles. The molecule has 0 aliphatic carbocycles. The van der Waals surface area contributed by atoms with E-state index in [0.717, 1.165) is 13.1 Å². The number of carbonyl (C=O) groups excluding carboxylic acids is 1. The predicted octanol–water partition coefficient (Wildman–Crippen LogP) is 1.47. The van der Waals surface area contributed by atoms with E-state index in [4.69, 9.17) is 11.6 Å². The average Bonchev–Trinajstić information content (AvgIpc) is 2.74. The minimum atomic E-state index is 0.210. The molecular formula is C12H17ClN4O. The van der Waals surface area contributed by atoms with Crippen LogP contribution < -0.4 is 4.90 Å². The van der Waals surface area contributed by atoms with Gasteiger partial charge in [0, 0.05) is 19.6 Å². The summed E-state index contributed by atoms with van der Waals surface area (Å²) in [7, 11) is 4.05. The topological polar surface area (TPSA) is 49.3 Å². The molecule has 1 aromatic heterocycles. The van der Waals surface area contributed by atoms with E-state index in [1.807, 2.05) is 11.9 Å². The first kappa shape index (κ1) is 13.2. The fourth-order valence-corrected chi connectivity index (χ4v) is 2.56. The summed E-state index contributed by atoms with van der Waals surface area (Å²) in [6, 6.07) is 0.503. The van der Waals surface area contributed by atoms with Gasteiger partial charge in [-0.1, -0.05) is 11.6 Å². The van der Waals surface area contributed by atoms with E-state index >= 15 is 0 Å². The van der Waals surface area contributed by atoms with Gasteiger partial charge in [0.2, 0.25) is 0 Å². The molecule has 1 atom stereocenters. The molecular weight excluding hydrogens is 252 g/mol. The summed E-state index contributed by atoms with van der Waals surface area (Å²) in [5.74, 6) is 0.602. The molecule has 5 nitrogen and oxygen atoms in total. The van der Waals surface area contributed by atoms with E-state index < -0.39 is 0 Å². The van der Waals surface area contributed by atoms with Gasteiger partial charge >= 0.3 is 0 Å². The molecule has 1 aliphatic heterocycles. The summed E-state index contributed by atoms with van der Waals surface area (Å²) in [6.45, 7) is 1.97. The monoisotopic (exact) mass is 268 g/mol. The molecule has 2 rings (SSSR count). The quantitative estimate of drug-likeness (QED) is 0.611. The van der Waals surface area contributed by atoms with E-state index in [1.165, 1.54) is 19.2 Å². The van der Waals surface area contributed by atoms with Crippen molar-refractivity contribution in [1.29, 1.82) is 0 Å². The minimum absolute atomic E-state index is 0.210. The SMILES string of the molecule is CN(CC1CCCN1C)c1ncnc(Cl)c1C=O. The lowest BCUT2D eigenvalue weighted by Crippen LogP contribution is -2.37. The second kappa shape index (κ2) is 5.63. The van der Waals surface area contributed by atoms with Gasteiger partial charge in [0.1, 0.15) is 17.3 Å². The molecule has 1 aromatic rings. The molecule has 0 bridgehead atoms. The molecule has 1 saturated heterocycles. The highest BCUT2D eigenvalue weighted by Gasteiger charge is 2.23. The predicted molar refractivity (Wildman–Crippen MR) is 71.4 cm³/mol. The van der Waals surface area contributed by atoms with Crippen LogP contribution in [0.15, 0.2) is 6.33 Å². The van der Waals surface area contributed by atoms with Crippen molar-refractivity contribution in [3.8, 4) is 0 Å². The molecule has 0 amide bonds. The molecule has 1 fully saturated rings. The summed E-state index contributed by atoms with van der Waals surface area (Å²) >= 11 is 5.90. The van der Waals surface area contributed by atoms with Crippen LogP contribution in [0.3, 0.4) is 0 Å². The Morgan fingerprint density at radius 3 is 3.00 bits per heavy atom. The van der Waals surface area contributed by atoms with Crippen LogP contribution in [0.25, 0.3) is 0 Å². The highest BCUT2D eigenvalue weighted by molar-refractivity contribution is 6.32. The standard InChI is InChI=1S/C12H17ClN4O/c1-16-5-3-4-9(16)6-17(2)12-10(7-18)11(13)14-8-15-12/h7-9H,3-6H2,1-2H3. The van der Waals surface area contributed by atoms with Crippen molar-refractivity contribution in [3.63, 3.8) is 0 Å². The highest BCUT2D eigenvalue weighted by atomic mass is 35.5. The number of carbonyl (C=O) groups is 1. The Labute approximate surface area is 112 Å². The Balaban J connectivity index is 2.15. The fraction of sp³-hybridized carbons (Fsp3) is 0.583. The number of halogens is 1. The molecule has 1 unspecified atom stereocenters. The maximum Gasteiger partial charge on any atom is 0.156 e. The van der Waals surface area contributed by atoms with Crippen LogP contribution >= 0.6 is 11.6 Å². The normalized spacial score (nSPS) is 20.1. The Hall–Kier alpha value is -1.20. The number of aromatic nitrogens is 2. The van der Waals surface area contributed by atoms with Gasteiger partial charge in [0.05, 0.1) is 5.56 Å². The Kier molecular flexibility index (Phi) is 4.14. The van der Waals surface area contributed by atoms with Crippen molar-refractivity contribution in [2.75, 3.05) is 32.1 Å². The lowest BCUT2D eigenvalue weighted by atomic mass is 10.2. The molecule has 0 N–H and O–H groups in total. The van der Waals surface area contributed by atoms with E-state index in [0.29, 0.717) is 23.7 Å². The van der Waals surface area contributed by atoms with Gasteiger partial charge in [-0.3, -0.25) is 4.79 Å². The third kappa shape index (κ3) is 2.62. The van der Waals surface area contributed by atoms with Crippen molar-refractivity contribution in [3.05, 3.63) is 17.0 Å². The lowest BCUT2D eigenvalue weighted by molar-refractivity contribution is 0.112. The van der Waals surface area contributed by atoms with Gasteiger partial charge in [0.25, 0.3) is 0 Å². The first-order valence-corrected chi connectivity index (χ1v) is 6.38. The Bertz CT molecular complexity index is 440. The third-order valence-electron chi connectivity index (χ3n) is 3.45. The summed E-state index contributed by atoms with van der Waals surface area (Å²) in [5, 5.41) is 0.210. The van der Waals surface area contributed by atoms with Gasteiger partial charge in [-0.15, -0.1) is 0 Å². The molecule has 18 heavy (non-hydrogen) atoms. The van der Waals surface area contributed by atoms with Crippen molar-refractivity contribution >= 4 is 23.7 Å². The van der Waals surface area contributed by atoms with E-state index in [1.54, 1.807) is 0 Å². The average molecular weight is 269 g/mol. The van der Waals surface area contributed by atoms with Crippen molar-refractivity contribution < 1.29 is 4.79 Å². The highest BCUT2D eigenvalue weighted by Crippen LogP contribution is 2.23. The largest absolute Gasteiger partial charge is 0.357 e. The zero-order chi connectivity index (χ0) is 13.1. The molecule has 0 radical (unpaired) electrons. The molecule has 0 saturated carbocycles. The third-order valence-corrected chi connectivity index (χ3v) is 3.75. The van der Waals surface area contributed by atoms with Gasteiger partial charge < -0.3 is 9.80 Å². The van der Waals surface area contributed by atoms with E-state index in [9.17, 15) is 4.79 Å². The second-order valence-corrected chi connectivity index (χ2v) is 5.03. The van der Waals surface area contributed by atoms with Crippen molar-refractivity contribution in [2.24, 2.45) is 0 Å².